The molecule has 0 unspecified atom stereocenters. The highest BCUT2D eigenvalue weighted by Gasteiger charge is 2.49. The topological polar surface area (TPSA) is 42.4 Å². The molecule has 1 aliphatic heterocycles. The number of nitrogens with zero attached hydrogens (tertiary/aromatic N) is 2. The van der Waals surface area contributed by atoms with Crippen molar-refractivity contribution in [2.24, 2.45) is 11.8 Å². The normalized spacial score (nSPS) is 31.8. The lowest BCUT2D eigenvalue weighted by atomic mass is 10.1. The zero-order valence-electron chi connectivity index (χ0n) is 11.6. The van der Waals surface area contributed by atoms with Crippen LogP contribution in [0.4, 0.5) is 0 Å². The standard InChI is InChI=1S/C16H20N2O2/c19-16(12-2-1-7-17-8-12)18-9-13-5-6-14(18)15(13)20-10-11-3-4-11/h1-2,7-8,11,13-15H,3-6,9-10H2/t13-,14+,15+/m1/s1. The van der Waals surface area contributed by atoms with Crippen molar-refractivity contribution < 1.29 is 9.53 Å². The molecule has 3 aliphatic rings. The Bertz CT molecular complexity index is 500. The van der Waals surface area contributed by atoms with Crippen molar-refractivity contribution in [2.45, 2.75) is 37.8 Å². The molecule has 1 aromatic heterocycles. The zero-order valence-corrected chi connectivity index (χ0v) is 11.6. The summed E-state index contributed by atoms with van der Waals surface area (Å²) in [5.74, 6) is 1.45. The van der Waals surface area contributed by atoms with Gasteiger partial charge in [-0.25, -0.2) is 0 Å². The van der Waals surface area contributed by atoms with E-state index >= 15 is 0 Å². The van der Waals surface area contributed by atoms with Crippen LogP contribution < -0.4 is 0 Å². The molecule has 3 fully saturated rings. The van der Waals surface area contributed by atoms with Gasteiger partial charge in [-0.15, -0.1) is 0 Å². The first-order chi connectivity index (χ1) is 9.83. The van der Waals surface area contributed by atoms with Crippen LogP contribution in [0.5, 0.6) is 0 Å². The number of fused-ring (bicyclic) bond motifs is 2. The molecule has 3 atom stereocenters. The smallest absolute Gasteiger partial charge is 0.255 e. The lowest BCUT2D eigenvalue weighted by molar-refractivity contribution is 0.0208. The van der Waals surface area contributed by atoms with Crippen LogP contribution in [0.3, 0.4) is 0 Å². The van der Waals surface area contributed by atoms with Gasteiger partial charge in [0.05, 0.1) is 17.7 Å². The fourth-order valence-electron chi connectivity index (χ4n) is 3.61. The van der Waals surface area contributed by atoms with E-state index in [0.717, 1.165) is 25.5 Å². The Morgan fingerprint density at radius 3 is 3.00 bits per heavy atom. The van der Waals surface area contributed by atoms with Crippen LogP contribution in [0.25, 0.3) is 0 Å². The number of likely N-dealkylation sites (tertiary alicyclic amines) is 1. The molecule has 0 aromatic carbocycles. The van der Waals surface area contributed by atoms with Gasteiger partial charge in [0.2, 0.25) is 0 Å². The van der Waals surface area contributed by atoms with E-state index in [4.69, 9.17) is 4.74 Å². The lowest BCUT2D eigenvalue weighted by Gasteiger charge is -2.27. The minimum Gasteiger partial charge on any atom is -0.375 e. The quantitative estimate of drug-likeness (QED) is 0.843. The van der Waals surface area contributed by atoms with E-state index in [9.17, 15) is 4.79 Å². The number of pyridine rings is 1. The summed E-state index contributed by atoms with van der Waals surface area (Å²) in [7, 11) is 0. The number of carbonyl (C=O) groups is 1. The average Bonchev–Trinajstić information content (AvgIpc) is 3.18. The summed E-state index contributed by atoms with van der Waals surface area (Å²) >= 11 is 0. The molecule has 0 spiro atoms. The van der Waals surface area contributed by atoms with Gasteiger partial charge in [0.1, 0.15) is 0 Å². The number of ether oxygens (including phenoxy) is 1. The molecule has 0 N–H and O–H groups in total. The van der Waals surface area contributed by atoms with Crippen LogP contribution in [0.2, 0.25) is 0 Å². The van der Waals surface area contributed by atoms with Crippen LogP contribution in [0, 0.1) is 11.8 Å². The van der Waals surface area contributed by atoms with Gasteiger partial charge in [-0.05, 0) is 43.7 Å². The number of carbonyl (C=O) groups excluding carboxylic acids is 1. The van der Waals surface area contributed by atoms with Gasteiger partial charge in [0.15, 0.2) is 0 Å². The van der Waals surface area contributed by atoms with Gasteiger partial charge >= 0.3 is 0 Å². The molecule has 4 rings (SSSR count). The molecule has 2 saturated carbocycles. The Hall–Kier alpha value is -1.42. The maximum absolute atomic E-state index is 12.6. The molecule has 0 radical (unpaired) electrons. The molecule has 2 aliphatic carbocycles. The van der Waals surface area contributed by atoms with Crippen molar-refractivity contribution in [3.63, 3.8) is 0 Å². The first-order valence-corrected chi connectivity index (χ1v) is 7.65. The van der Waals surface area contributed by atoms with Crippen LogP contribution in [-0.4, -0.2) is 41.1 Å². The second kappa shape index (κ2) is 4.85. The lowest BCUT2D eigenvalue weighted by Crippen LogP contribution is -2.40. The molecular formula is C16H20N2O2. The molecule has 1 aromatic rings. The highest BCUT2D eigenvalue weighted by molar-refractivity contribution is 5.94. The molecule has 2 heterocycles. The molecule has 1 amide bonds. The van der Waals surface area contributed by atoms with E-state index in [1.807, 2.05) is 17.0 Å². The summed E-state index contributed by atoms with van der Waals surface area (Å²) in [6.45, 7) is 1.75. The number of amides is 1. The largest absolute Gasteiger partial charge is 0.375 e. The Labute approximate surface area is 119 Å². The molecule has 106 valence electrons. The van der Waals surface area contributed by atoms with E-state index in [1.54, 1.807) is 12.4 Å². The Kier molecular flexibility index (Phi) is 2.99. The van der Waals surface area contributed by atoms with Gasteiger partial charge in [-0.1, -0.05) is 0 Å². The molecule has 4 heteroatoms. The third-order valence-electron chi connectivity index (χ3n) is 4.90. The fraction of sp³-hybridized carbons (Fsp3) is 0.625. The van der Waals surface area contributed by atoms with Gasteiger partial charge < -0.3 is 9.64 Å². The SMILES string of the molecule is O=C(c1cccnc1)N1C[C@H]2CC[C@H]1[C@H]2OCC1CC1. The number of hydrogen-bond donors (Lipinski definition) is 0. The maximum atomic E-state index is 12.6. The summed E-state index contributed by atoms with van der Waals surface area (Å²) in [6, 6.07) is 3.95. The second-order valence-corrected chi connectivity index (χ2v) is 6.35. The molecular weight excluding hydrogens is 252 g/mol. The van der Waals surface area contributed by atoms with Gasteiger partial charge in [-0.3, -0.25) is 9.78 Å². The summed E-state index contributed by atoms with van der Waals surface area (Å²) in [5, 5.41) is 0. The van der Waals surface area contributed by atoms with Crippen LogP contribution >= 0.6 is 0 Å². The highest BCUT2D eigenvalue weighted by atomic mass is 16.5. The molecule has 1 saturated heterocycles. The van der Waals surface area contributed by atoms with Crippen molar-refractivity contribution in [3.05, 3.63) is 30.1 Å². The number of piperidine rings is 1. The summed E-state index contributed by atoms with van der Waals surface area (Å²) in [6.07, 6.45) is 8.57. The van der Waals surface area contributed by atoms with Crippen molar-refractivity contribution in [3.8, 4) is 0 Å². The van der Waals surface area contributed by atoms with E-state index in [0.29, 0.717) is 11.5 Å². The van der Waals surface area contributed by atoms with Crippen LogP contribution in [0.1, 0.15) is 36.0 Å². The highest BCUT2D eigenvalue weighted by Crippen LogP contribution is 2.41. The van der Waals surface area contributed by atoms with E-state index < -0.39 is 0 Å². The second-order valence-electron chi connectivity index (χ2n) is 6.35. The third kappa shape index (κ3) is 2.12. The predicted octanol–water partition coefficient (Wildman–Crippen LogP) is 2.11. The molecule has 20 heavy (non-hydrogen) atoms. The van der Waals surface area contributed by atoms with E-state index in [-0.39, 0.29) is 18.1 Å². The van der Waals surface area contributed by atoms with E-state index in [1.165, 1.54) is 19.3 Å². The summed E-state index contributed by atoms with van der Waals surface area (Å²) in [5.41, 5.74) is 0.695. The third-order valence-corrected chi connectivity index (χ3v) is 4.90. The Balaban J connectivity index is 1.46. The van der Waals surface area contributed by atoms with Gasteiger partial charge in [-0.2, -0.15) is 0 Å². The maximum Gasteiger partial charge on any atom is 0.255 e. The zero-order chi connectivity index (χ0) is 13.5. The van der Waals surface area contributed by atoms with E-state index in [2.05, 4.69) is 4.98 Å². The molecule has 4 nitrogen and oxygen atoms in total. The fourth-order valence-corrected chi connectivity index (χ4v) is 3.61. The first kappa shape index (κ1) is 12.3. The van der Waals surface area contributed by atoms with Crippen LogP contribution in [-0.2, 0) is 4.74 Å². The monoisotopic (exact) mass is 272 g/mol. The van der Waals surface area contributed by atoms with Gasteiger partial charge in [0.25, 0.3) is 5.91 Å². The summed E-state index contributed by atoms with van der Waals surface area (Å²) in [4.78, 5) is 18.6. The van der Waals surface area contributed by atoms with Crippen molar-refractivity contribution >= 4 is 5.91 Å². The first-order valence-electron chi connectivity index (χ1n) is 7.65. The Morgan fingerprint density at radius 2 is 2.25 bits per heavy atom. The number of aromatic nitrogens is 1. The van der Waals surface area contributed by atoms with Crippen LogP contribution in [0.15, 0.2) is 24.5 Å². The minimum atomic E-state index is 0.116. The Morgan fingerprint density at radius 1 is 1.35 bits per heavy atom. The van der Waals surface area contributed by atoms with Crippen molar-refractivity contribution in [1.82, 2.24) is 9.88 Å². The van der Waals surface area contributed by atoms with Gasteiger partial charge in [0, 0.05) is 31.5 Å². The molecule has 2 bridgehead atoms. The van der Waals surface area contributed by atoms with Crippen molar-refractivity contribution in [2.75, 3.05) is 13.2 Å². The van der Waals surface area contributed by atoms with Crippen molar-refractivity contribution in [1.29, 1.82) is 0 Å². The number of rotatable bonds is 4. The summed E-state index contributed by atoms with van der Waals surface area (Å²) < 4.78 is 6.12. The minimum absolute atomic E-state index is 0.116. The average molecular weight is 272 g/mol. The number of hydrogen-bond acceptors (Lipinski definition) is 3. The predicted molar refractivity (Wildman–Crippen MR) is 74.2 cm³/mol.